The van der Waals surface area contributed by atoms with Gasteiger partial charge < -0.3 is 19.5 Å². The lowest BCUT2D eigenvalue weighted by Crippen LogP contribution is -2.26. The van der Waals surface area contributed by atoms with Crippen LogP contribution in [0.5, 0.6) is 17.2 Å². The van der Waals surface area contributed by atoms with Crippen molar-refractivity contribution < 1.29 is 19.0 Å². The van der Waals surface area contributed by atoms with Crippen LogP contribution in [0.4, 0.5) is 5.69 Å². The van der Waals surface area contributed by atoms with Crippen LogP contribution < -0.4 is 25.1 Å². The van der Waals surface area contributed by atoms with Gasteiger partial charge in [-0.2, -0.15) is 0 Å². The van der Waals surface area contributed by atoms with Gasteiger partial charge >= 0.3 is 0 Å². The molecule has 1 heterocycles. The van der Waals surface area contributed by atoms with Crippen LogP contribution in [0.2, 0.25) is 0 Å². The maximum atomic E-state index is 13.6. The first-order chi connectivity index (χ1) is 17.0. The van der Waals surface area contributed by atoms with Crippen LogP contribution in [0.25, 0.3) is 16.6 Å². The average Bonchev–Trinajstić information content (AvgIpc) is 2.88. The maximum absolute atomic E-state index is 13.6. The van der Waals surface area contributed by atoms with Crippen LogP contribution in [-0.4, -0.2) is 42.0 Å². The van der Waals surface area contributed by atoms with Crippen LogP contribution in [0.15, 0.2) is 76.7 Å². The molecule has 0 radical (unpaired) electrons. The van der Waals surface area contributed by atoms with Crippen LogP contribution in [0.1, 0.15) is 6.92 Å². The Hall–Kier alpha value is -3.98. The molecule has 1 N–H and O–H groups in total. The summed E-state index contributed by atoms with van der Waals surface area (Å²) in [5, 5.41) is 3.10. The van der Waals surface area contributed by atoms with Crippen molar-refractivity contribution >= 4 is 34.3 Å². The third kappa shape index (κ3) is 4.95. The molecule has 0 saturated heterocycles. The fourth-order valence-electron chi connectivity index (χ4n) is 3.57. The highest BCUT2D eigenvalue weighted by atomic mass is 32.2. The van der Waals surface area contributed by atoms with Gasteiger partial charge in [-0.3, -0.25) is 14.2 Å². The minimum atomic E-state index is -0.587. The van der Waals surface area contributed by atoms with Gasteiger partial charge in [0.25, 0.3) is 5.56 Å². The van der Waals surface area contributed by atoms with Crippen molar-refractivity contribution in [2.24, 2.45) is 0 Å². The molecule has 0 spiro atoms. The molecule has 180 valence electrons. The Bertz CT molecular complexity index is 1440. The molecule has 0 bridgehead atoms. The molecule has 1 unspecified atom stereocenters. The first-order valence-electron chi connectivity index (χ1n) is 10.8. The molecule has 3 aromatic carbocycles. The highest BCUT2D eigenvalue weighted by molar-refractivity contribution is 8.00. The number of carbonyl (C=O) groups is 1. The summed E-state index contributed by atoms with van der Waals surface area (Å²) in [4.78, 5) is 31.4. The molecule has 1 atom stereocenters. The van der Waals surface area contributed by atoms with Gasteiger partial charge in [0.05, 0.1) is 48.9 Å². The number of carbonyl (C=O) groups excluding carboxylic acids is 1. The summed E-state index contributed by atoms with van der Waals surface area (Å²) in [5.74, 6) is 1.32. The van der Waals surface area contributed by atoms with E-state index in [1.807, 2.05) is 18.2 Å². The Morgan fingerprint density at radius 1 is 0.943 bits per heavy atom. The number of benzene rings is 3. The summed E-state index contributed by atoms with van der Waals surface area (Å²) in [6.07, 6.45) is 0. The fourth-order valence-corrected chi connectivity index (χ4v) is 4.49. The van der Waals surface area contributed by atoms with E-state index in [9.17, 15) is 9.59 Å². The molecule has 0 aliphatic carbocycles. The van der Waals surface area contributed by atoms with Gasteiger partial charge in [0.1, 0.15) is 17.2 Å². The van der Waals surface area contributed by atoms with Crippen LogP contribution in [0.3, 0.4) is 0 Å². The highest BCUT2D eigenvalue weighted by Gasteiger charge is 2.23. The van der Waals surface area contributed by atoms with Crippen molar-refractivity contribution in [3.63, 3.8) is 0 Å². The van der Waals surface area contributed by atoms with Crippen LogP contribution in [-0.2, 0) is 4.79 Å². The number of amides is 1. The Morgan fingerprint density at radius 2 is 1.66 bits per heavy atom. The zero-order valence-electron chi connectivity index (χ0n) is 19.8. The smallest absolute Gasteiger partial charge is 0.266 e. The van der Waals surface area contributed by atoms with E-state index >= 15 is 0 Å². The highest BCUT2D eigenvalue weighted by Crippen LogP contribution is 2.32. The molecule has 1 aromatic heterocycles. The molecular weight excluding hydrogens is 466 g/mol. The van der Waals surface area contributed by atoms with E-state index in [0.29, 0.717) is 44.7 Å². The first kappa shape index (κ1) is 24.2. The van der Waals surface area contributed by atoms with Crippen LogP contribution in [0, 0.1) is 0 Å². The second-order valence-electron chi connectivity index (χ2n) is 7.54. The maximum Gasteiger partial charge on any atom is 0.266 e. The summed E-state index contributed by atoms with van der Waals surface area (Å²) in [6.45, 7) is 1.75. The lowest BCUT2D eigenvalue weighted by Gasteiger charge is -2.19. The number of hydrogen-bond donors (Lipinski definition) is 1. The number of para-hydroxylation sites is 3. The third-order valence-corrected chi connectivity index (χ3v) is 6.44. The molecule has 0 saturated carbocycles. The van der Waals surface area contributed by atoms with Crippen molar-refractivity contribution in [1.29, 1.82) is 0 Å². The number of thioether (sulfide) groups is 1. The number of rotatable bonds is 8. The fraction of sp³-hybridized carbons (Fsp3) is 0.192. The minimum Gasteiger partial charge on any atom is -0.497 e. The molecule has 0 aliphatic heterocycles. The van der Waals surface area contributed by atoms with Gasteiger partial charge in [-0.1, -0.05) is 36.0 Å². The summed E-state index contributed by atoms with van der Waals surface area (Å²) in [7, 11) is 4.62. The number of anilines is 1. The van der Waals surface area contributed by atoms with Crippen molar-refractivity contribution in [3.05, 3.63) is 77.1 Å². The van der Waals surface area contributed by atoms with Gasteiger partial charge in [0.15, 0.2) is 5.16 Å². The number of hydrogen-bond acceptors (Lipinski definition) is 7. The van der Waals surface area contributed by atoms with Crippen molar-refractivity contribution in [1.82, 2.24) is 9.55 Å². The first-order valence-corrected chi connectivity index (χ1v) is 11.7. The Morgan fingerprint density at radius 3 is 2.40 bits per heavy atom. The molecule has 35 heavy (non-hydrogen) atoms. The molecule has 0 aliphatic rings. The van der Waals surface area contributed by atoms with E-state index in [-0.39, 0.29) is 11.5 Å². The number of methoxy groups -OCH3 is 3. The number of aromatic nitrogens is 2. The van der Waals surface area contributed by atoms with Crippen LogP contribution >= 0.6 is 11.8 Å². The molecule has 4 aromatic rings. The molecule has 9 heteroatoms. The molecular formula is C26H25N3O5S. The predicted molar refractivity (Wildman–Crippen MR) is 137 cm³/mol. The van der Waals surface area contributed by atoms with E-state index in [0.717, 1.165) is 0 Å². The lowest BCUT2D eigenvalue weighted by molar-refractivity contribution is -0.115. The molecule has 1 amide bonds. The van der Waals surface area contributed by atoms with Crippen molar-refractivity contribution in [3.8, 4) is 22.9 Å². The Kier molecular flexibility index (Phi) is 7.26. The number of nitrogens with zero attached hydrogens (tertiary/aromatic N) is 2. The predicted octanol–water partition coefficient (Wildman–Crippen LogP) is 4.53. The monoisotopic (exact) mass is 491 g/mol. The summed E-state index contributed by atoms with van der Waals surface area (Å²) in [6, 6.07) is 19.4. The van der Waals surface area contributed by atoms with Crippen molar-refractivity contribution in [2.75, 3.05) is 26.6 Å². The Balaban J connectivity index is 1.79. The van der Waals surface area contributed by atoms with Gasteiger partial charge in [-0.25, -0.2) is 4.98 Å². The number of fused-ring (bicyclic) bond motifs is 1. The van der Waals surface area contributed by atoms with Gasteiger partial charge in [0, 0.05) is 6.07 Å². The Labute approximate surface area is 206 Å². The molecule has 8 nitrogen and oxygen atoms in total. The second-order valence-corrected chi connectivity index (χ2v) is 8.85. The van der Waals surface area contributed by atoms with Crippen molar-refractivity contribution in [2.45, 2.75) is 17.3 Å². The molecule has 4 rings (SSSR count). The summed E-state index contributed by atoms with van der Waals surface area (Å²) in [5.41, 5.74) is 1.29. The molecule has 0 fully saturated rings. The zero-order valence-corrected chi connectivity index (χ0v) is 20.6. The second kappa shape index (κ2) is 10.5. The van der Waals surface area contributed by atoms with E-state index in [1.54, 1.807) is 69.7 Å². The normalized spacial score (nSPS) is 11.7. The van der Waals surface area contributed by atoms with Gasteiger partial charge in [-0.15, -0.1) is 0 Å². The number of nitrogens with one attached hydrogen (secondary N) is 1. The lowest BCUT2D eigenvalue weighted by atomic mass is 10.2. The zero-order chi connectivity index (χ0) is 24.9. The van der Waals surface area contributed by atoms with Gasteiger partial charge in [0.2, 0.25) is 5.91 Å². The quantitative estimate of drug-likeness (QED) is 0.286. The van der Waals surface area contributed by atoms with E-state index in [2.05, 4.69) is 5.32 Å². The van der Waals surface area contributed by atoms with Gasteiger partial charge in [-0.05, 0) is 43.3 Å². The largest absolute Gasteiger partial charge is 0.497 e. The summed E-state index contributed by atoms with van der Waals surface area (Å²) >= 11 is 1.17. The topological polar surface area (TPSA) is 91.7 Å². The summed E-state index contributed by atoms with van der Waals surface area (Å²) < 4.78 is 17.7. The third-order valence-electron chi connectivity index (χ3n) is 5.39. The van der Waals surface area contributed by atoms with E-state index in [1.165, 1.54) is 23.4 Å². The number of ether oxygens (including phenoxy) is 3. The minimum absolute atomic E-state index is 0.258. The SMILES string of the molecule is COc1ccc(OC)c(-n2c(SC(C)C(=O)Nc3ccccc3OC)nc3ccccc3c2=O)c1. The standard InChI is InChI=1S/C26H25N3O5S/c1-16(24(30)27-20-11-7-8-12-22(20)33-3)35-26-28-19-10-6-5-9-18(19)25(31)29(26)21-15-17(32-2)13-14-23(21)34-4/h5-16H,1-4H3,(H,27,30). The van der Waals surface area contributed by atoms with E-state index < -0.39 is 5.25 Å². The van der Waals surface area contributed by atoms with E-state index in [4.69, 9.17) is 19.2 Å². The average molecular weight is 492 g/mol.